The molecule has 0 amide bonds. The molecule has 0 aliphatic heterocycles. The van der Waals surface area contributed by atoms with Gasteiger partial charge in [-0.2, -0.15) is 5.10 Å². The average molecular weight is 244 g/mol. The van der Waals surface area contributed by atoms with Crippen molar-refractivity contribution < 1.29 is 5.11 Å². The maximum atomic E-state index is 9.59. The highest BCUT2D eigenvalue weighted by Crippen LogP contribution is 2.27. The number of aromatic hydroxyl groups is 1. The quantitative estimate of drug-likeness (QED) is 0.574. The van der Waals surface area contributed by atoms with E-state index < -0.39 is 0 Å². The lowest BCUT2D eigenvalue weighted by Crippen LogP contribution is -1.87. The van der Waals surface area contributed by atoms with Gasteiger partial charge in [-0.05, 0) is 18.3 Å². The molecule has 3 aromatic rings. The van der Waals surface area contributed by atoms with Gasteiger partial charge in [-0.15, -0.1) is 0 Å². The van der Waals surface area contributed by atoms with E-state index >= 15 is 0 Å². The Balaban J connectivity index is 2.39. The third-order valence-electron chi connectivity index (χ3n) is 2.46. The van der Waals surface area contributed by atoms with Gasteiger partial charge < -0.3 is 10.1 Å². The lowest BCUT2D eigenvalue weighted by molar-refractivity contribution is 0.456. The van der Waals surface area contributed by atoms with Crippen molar-refractivity contribution in [2.24, 2.45) is 0 Å². The number of H-pyrrole nitrogens is 2. The number of para-hydroxylation sites is 1. The molecule has 0 fully saturated rings. The largest absolute Gasteiger partial charge is 0.493 e. The molecule has 0 spiro atoms. The Bertz CT molecular complexity index is 746. The SMILES string of the molecule is Oc1cc(-c2n[nH]c(=S)[nH]2)c2ccccc2n1. The molecule has 0 aliphatic rings. The number of hydrogen-bond donors (Lipinski definition) is 3. The first-order valence-electron chi connectivity index (χ1n) is 4.98. The first-order valence-corrected chi connectivity index (χ1v) is 5.39. The Hall–Kier alpha value is -2.21. The highest BCUT2D eigenvalue weighted by Gasteiger charge is 2.09. The lowest BCUT2D eigenvalue weighted by atomic mass is 10.1. The number of nitrogens with one attached hydrogen (secondary N) is 2. The first-order chi connectivity index (χ1) is 8.24. The van der Waals surface area contributed by atoms with Crippen LogP contribution in [0.3, 0.4) is 0 Å². The van der Waals surface area contributed by atoms with Gasteiger partial charge in [0.25, 0.3) is 0 Å². The minimum Gasteiger partial charge on any atom is -0.493 e. The van der Waals surface area contributed by atoms with E-state index in [9.17, 15) is 5.11 Å². The van der Waals surface area contributed by atoms with Crippen molar-refractivity contribution in [3.05, 3.63) is 35.1 Å². The van der Waals surface area contributed by atoms with Crippen LogP contribution in [-0.4, -0.2) is 25.3 Å². The van der Waals surface area contributed by atoms with Crippen LogP contribution in [0.1, 0.15) is 0 Å². The molecular weight excluding hydrogens is 236 g/mol. The zero-order valence-corrected chi connectivity index (χ0v) is 9.45. The predicted molar refractivity (Wildman–Crippen MR) is 66.2 cm³/mol. The van der Waals surface area contributed by atoms with E-state index in [4.69, 9.17) is 12.2 Å². The number of nitrogens with zero attached hydrogens (tertiary/aromatic N) is 2. The lowest BCUT2D eigenvalue weighted by Gasteiger charge is -2.03. The molecule has 0 atom stereocenters. The fraction of sp³-hybridized carbons (Fsp3) is 0. The zero-order valence-electron chi connectivity index (χ0n) is 8.64. The summed E-state index contributed by atoms with van der Waals surface area (Å²) in [6.45, 7) is 0. The molecule has 0 aliphatic carbocycles. The van der Waals surface area contributed by atoms with E-state index in [0.717, 1.165) is 10.9 Å². The number of fused-ring (bicyclic) bond motifs is 1. The summed E-state index contributed by atoms with van der Waals surface area (Å²) in [4.78, 5) is 6.97. The van der Waals surface area contributed by atoms with Gasteiger partial charge in [0.2, 0.25) is 5.88 Å². The van der Waals surface area contributed by atoms with E-state index in [0.29, 0.717) is 16.1 Å². The molecule has 5 nitrogen and oxygen atoms in total. The number of rotatable bonds is 1. The van der Waals surface area contributed by atoms with Crippen molar-refractivity contribution in [1.82, 2.24) is 20.2 Å². The molecule has 0 saturated carbocycles. The number of hydrogen-bond acceptors (Lipinski definition) is 4. The summed E-state index contributed by atoms with van der Waals surface area (Å²) in [5.41, 5.74) is 1.48. The monoisotopic (exact) mass is 244 g/mol. The van der Waals surface area contributed by atoms with Crippen LogP contribution >= 0.6 is 12.2 Å². The van der Waals surface area contributed by atoms with Crippen LogP contribution in [0.25, 0.3) is 22.3 Å². The van der Waals surface area contributed by atoms with Gasteiger partial charge in [0.1, 0.15) is 0 Å². The standard InChI is InChI=1S/C11H8N4OS/c16-9-5-7(10-13-11(17)15-14-10)6-3-1-2-4-8(6)12-9/h1-5H,(H,12,16)(H2,13,14,15,17). The van der Waals surface area contributed by atoms with Crippen LogP contribution in [0.4, 0.5) is 0 Å². The van der Waals surface area contributed by atoms with E-state index in [1.807, 2.05) is 24.3 Å². The third-order valence-corrected chi connectivity index (χ3v) is 2.65. The Labute approximate surface area is 101 Å². The van der Waals surface area contributed by atoms with Crippen LogP contribution in [0.2, 0.25) is 0 Å². The second-order valence-electron chi connectivity index (χ2n) is 3.57. The second-order valence-corrected chi connectivity index (χ2v) is 3.98. The van der Waals surface area contributed by atoms with Crippen molar-refractivity contribution in [2.75, 3.05) is 0 Å². The first kappa shape index (κ1) is 9.98. The Morgan fingerprint density at radius 1 is 1.24 bits per heavy atom. The molecule has 2 heterocycles. The molecule has 0 unspecified atom stereocenters. The minimum absolute atomic E-state index is 0.0407. The van der Waals surface area contributed by atoms with E-state index in [1.54, 1.807) is 6.07 Å². The fourth-order valence-corrected chi connectivity index (χ4v) is 1.90. The van der Waals surface area contributed by atoms with Gasteiger partial charge in [0.05, 0.1) is 5.52 Å². The van der Waals surface area contributed by atoms with Gasteiger partial charge in [-0.25, -0.2) is 4.98 Å². The van der Waals surface area contributed by atoms with Gasteiger partial charge in [-0.3, -0.25) is 5.10 Å². The maximum Gasteiger partial charge on any atom is 0.212 e. The molecule has 3 N–H and O–H groups in total. The van der Waals surface area contributed by atoms with Gasteiger partial charge >= 0.3 is 0 Å². The number of pyridine rings is 1. The highest BCUT2D eigenvalue weighted by molar-refractivity contribution is 7.71. The highest BCUT2D eigenvalue weighted by atomic mass is 32.1. The van der Waals surface area contributed by atoms with E-state index in [2.05, 4.69) is 20.2 Å². The van der Waals surface area contributed by atoms with Crippen molar-refractivity contribution in [3.63, 3.8) is 0 Å². The Morgan fingerprint density at radius 3 is 2.82 bits per heavy atom. The molecule has 6 heteroatoms. The minimum atomic E-state index is -0.0407. The molecule has 84 valence electrons. The number of aromatic amines is 2. The van der Waals surface area contributed by atoms with Crippen LogP contribution in [0.5, 0.6) is 5.88 Å². The molecule has 0 radical (unpaired) electrons. The summed E-state index contributed by atoms with van der Waals surface area (Å²) < 4.78 is 0.445. The maximum absolute atomic E-state index is 9.59. The van der Waals surface area contributed by atoms with Crippen molar-refractivity contribution in [2.45, 2.75) is 0 Å². The normalized spacial score (nSPS) is 10.8. The topological polar surface area (TPSA) is 77.6 Å². The molecule has 2 aromatic heterocycles. The smallest absolute Gasteiger partial charge is 0.212 e. The summed E-state index contributed by atoms with van der Waals surface area (Å²) >= 11 is 4.94. The van der Waals surface area contributed by atoms with Gasteiger partial charge in [0, 0.05) is 17.0 Å². The Morgan fingerprint density at radius 2 is 2.06 bits per heavy atom. The third kappa shape index (κ3) is 1.68. The number of benzene rings is 1. The molecular formula is C11H8N4OS. The zero-order chi connectivity index (χ0) is 11.8. The summed E-state index contributed by atoms with van der Waals surface area (Å²) in [5.74, 6) is 0.546. The summed E-state index contributed by atoms with van der Waals surface area (Å²) in [6, 6.07) is 9.09. The summed E-state index contributed by atoms with van der Waals surface area (Å²) in [5, 5.41) is 17.2. The van der Waals surface area contributed by atoms with E-state index in [-0.39, 0.29) is 5.88 Å². The van der Waals surface area contributed by atoms with Crippen LogP contribution < -0.4 is 0 Å². The molecule has 1 aromatic carbocycles. The molecule has 17 heavy (non-hydrogen) atoms. The van der Waals surface area contributed by atoms with E-state index in [1.165, 1.54) is 0 Å². The van der Waals surface area contributed by atoms with Crippen molar-refractivity contribution in [1.29, 1.82) is 0 Å². The van der Waals surface area contributed by atoms with Crippen LogP contribution in [0.15, 0.2) is 30.3 Å². The molecule has 0 bridgehead atoms. The Kier molecular flexibility index (Phi) is 2.15. The average Bonchev–Trinajstić information content (AvgIpc) is 2.74. The second kappa shape index (κ2) is 3.67. The van der Waals surface area contributed by atoms with Crippen LogP contribution in [-0.2, 0) is 0 Å². The molecule has 3 rings (SSSR count). The summed E-state index contributed by atoms with van der Waals surface area (Å²) in [7, 11) is 0. The fourth-order valence-electron chi connectivity index (χ4n) is 1.76. The van der Waals surface area contributed by atoms with Crippen molar-refractivity contribution >= 4 is 23.1 Å². The van der Waals surface area contributed by atoms with Crippen LogP contribution in [0, 0.1) is 4.77 Å². The van der Waals surface area contributed by atoms with Gasteiger partial charge in [0.15, 0.2) is 10.6 Å². The van der Waals surface area contributed by atoms with Crippen molar-refractivity contribution in [3.8, 4) is 17.3 Å². The number of aromatic nitrogens is 4. The van der Waals surface area contributed by atoms with Gasteiger partial charge in [-0.1, -0.05) is 18.2 Å². The predicted octanol–water partition coefficient (Wildman–Crippen LogP) is 2.39. The summed E-state index contributed by atoms with van der Waals surface area (Å²) in [6.07, 6.45) is 0. The molecule has 0 saturated heterocycles.